The van der Waals surface area contributed by atoms with Crippen LogP contribution >= 0.6 is 0 Å². The Labute approximate surface area is 298 Å². The van der Waals surface area contributed by atoms with Crippen LogP contribution in [0.2, 0.25) is 0 Å². The molecule has 2 aromatic carbocycles. The molecule has 0 unspecified atom stereocenters. The molecule has 276 valence electrons. The third kappa shape index (κ3) is 7.39. The van der Waals surface area contributed by atoms with Gasteiger partial charge in [0.25, 0.3) is 11.8 Å². The number of hydrogen-bond donors (Lipinski definition) is 3. The number of carbonyl (C=O) groups is 2. The lowest BCUT2D eigenvalue weighted by atomic mass is 9.92. The number of aliphatic imine (C=N–C) groups is 1. The van der Waals surface area contributed by atoms with E-state index in [-0.39, 0.29) is 52.2 Å². The summed E-state index contributed by atoms with van der Waals surface area (Å²) < 4.78 is 102. The third-order valence-electron chi connectivity index (χ3n) is 8.90. The van der Waals surface area contributed by atoms with Crippen LogP contribution in [-0.2, 0) is 29.9 Å². The SMILES string of the molecule is C=Nc1c(C(=O)NC)cccc1-c1ccc(C#CC(C)(C)O)nc1[C@H](Cc1cc(F)cc(F)c1)NC(=O)Cn1nc(C(F)(F)F)c2c1C(F)(F)[C@@H]1C[C@H]21. The summed E-state index contributed by atoms with van der Waals surface area (Å²) in [4.78, 5) is 35.2. The Bertz CT molecular complexity index is 2190. The summed E-state index contributed by atoms with van der Waals surface area (Å²) in [5.41, 5.74) is -3.81. The number of nitrogens with one attached hydrogen (secondary N) is 2. The largest absolute Gasteiger partial charge is 0.435 e. The van der Waals surface area contributed by atoms with Crippen molar-refractivity contribution in [1.82, 2.24) is 25.4 Å². The Morgan fingerprint density at radius 3 is 2.43 bits per heavy atom. The molecule has 4 aromatic rings. The smallest absolute Gasteiger partial charge is 0.378 e. The standard InChI is InChI=1S/C37H31F7N6O3/c1-35(2,53)11-10-21-8-9-23(22-6-5-7-24(30(22)45-3)34(52)46-4)31(47-21)27(14-18-12-19(38)15-20(39)13-18)48-28(51)17-50-33-29(32(49-50)37(42,43)44)25-16-26(25)36(33,40)41/h5-9,12-13,15,25-27,53H,3,14,16-17H2,1-2,4H3,(H,46,52)(H,48,51)/t25-,26+,27-/m0/s1. The number of aliphatic hydroxyl groups is 1. The monoisotopic (exact) mass is 740 g/mol. The van der Waals surface area contributed by atoms with E-state index in [2.05, 4.69) is 44.3 Å². The molecule has 0 saturated heterocycles. The summed E-state index contributed by atoms with van der Waals surface area (Å²) in [7, 11) is 1.40. The van der Waals surface area contributed by atoms with Crippen LogP contribution in [0.25, 0.3) is 11.1 Å². The first-order valence-electron chi connectivity index (χ1n) is 16.2. The fraction of sp³-hybridized carbons (Fsp3) is 0.324. The van der Waals surface area contributed by atoms with Gasteiger partial charge < -0.3 is 15.7 Å². The summed E-state index contributed by atoms with van der Waals surface area (Å²) in [5, 5.41) is 18.7. The Morgan fingerprint density at radius 2 is 1.81 bits per heavy atom. The van der Waals surface area contributed by atoms with Gasteiger partial charge in [0.05, 0.1) is 23.0 Å². The molecule has 3 atom stereocenters. The van der Waals surface area contributed by atoms with E-state index >= 15 is 8.78 Å². The van der Waals surface area contributed by atoms with Crippen LogP contribution in [0, 0.1) is 29.4 Å². The van der Waals surface area contributed by atoms with Crippen LogP contribution in [0.3, 0.4) is 0 Å². The van der Waals surface area contributed by atoms with E-state index in [1.807, 2.05) is 0 Å². The maximum absolute atomic E-state index is 15.3. The van der Waals surface area contributed by atoms with Gasteiger partial charge >= 0.3 is 6.18 Å². The van der Waals surface area contributed by atoms with Crippen LogP contribution in [-0.4, -0.2) is 51.1 Å². The van der Waals surface area contributed by atoms with Crippen molar-refractivity contribution < 1.29 is 45.4 Å². The molecule has 1 saturated carbocycles. The Balaban J connectivity index is 1.49. The van der Waals surface area contributed by atoms with E-state index in [1.54, 1.807) is 6.07 Å². The average molecular weight is 741 g/mol. The topological polar surface area (TPSA) is 122 Å². The lowest BCUT2D eigenvalue weighted by Crippen LogP contribution is -2.35. The summed E-state index contributed by atoms with van der Waals surface area (Å²) in [5.74, 6) is -4.21. The molecule has 3 N–H and O–H groups in total. The minimum atomic E-state index is -5.06. The fourth-order valence-electron chi connectivity index (χ4n) is 6.65. The number of hydrogen-bond acceptors (Lipinski definition) is 6. The number of nitrogens with zero attached hydrogens (tertiary/aromatic N) is 4. The Hall–Kier alpha value is -5.56. The van der Waals surface area contributed by atoms with Crippen molar-refractivity contribution in [3.63, 3.8) is 0 Å². The number of pyridine rings is 1. The highest BCUT2D eigenvalue weighted by Crippen LogP contribution is 2.68. The summed E-state index contributed by atoms with van der Waals surface area (Å²) in [6.45, 7) is 5.37. The molecule has 2 heterocycles. The zero-order chi connectivity index (χ0) is 38.6. The predicted molar refractivity (Wildman–Crippen MR) is 178 cm³/mol. The summed E-state index contributed by atoms with van der Waals surface area (Å²) in [6, 6.07) is 8.83. The first-order chi connectivity index (χ1) is 24.8. The van der Waals surface area contributed by atoms with Gasteiger partial charge in [-0.15, -0.1) is 0 Å². The first kappa shape index (κ1) is 37.2. The van der Waals surface area contributed by atoms with Crippen molar-refractivity contribution in [2.24, 2.45) is 10.9 Å². The van der Waals surface area contributed by atoms with Gasteiger partial charge in [0, 0.05) is 35.7 Å². The van der Waals surface area contributed by atoms with Crippen LogP contribution in [0.5, 0.6) is 0 Å². The quantitative estimate of drug-likeness (QED) is 0.105. The van der Waals surface area contributed by atoms with Crippen molar-refractivity contribution in [1.29, 1.82) is 0 Å². The molecule has 2 aliphatic rings. The van der Waals surface area contributed by atoms with E-state index < -0.39 is 82.5 Å². The van der Waals surface area contributed by atoms with Crippen molar-refractivity contribution >= 4 is 24.2 Å². The predicted octanol–water partition coefficient (Wildman–Crippen LogP) is 6.37. The number of carbonyl (C=O) groups excluding carboxylic acids is 2. The van der Waals surface area contributed by atoms with Gasteiger partial charge in [0.2, 0.25) is 5.91 Å². The zero-order valence-electron chi connectivity index (χ0n) is 28.4. The normalized spacial score (nSPS) is 17.6. The molecule has 0 spiro atoms. The molecule has 53 heavy (non-hydrogen) atoms. The minimum absolute atomic E-state index is 0.0145. The van der Waals surface area contributed by atoms with Crippen LogP contribution in [0.4, 0.5) is 36.4 Å². The second-order valence-electron chi connectivity index (χ2n) is 13.3. The average Bonchev–Trinajstić information content (AvgIpc) is 3.73. The van der Waals surface area contributed by atoms with Crippen LogP contribution in [0.1, 0.15) is 76.5 Å². The number of halogens is 7. The molecule has 2 amide bonds. The zero-order valence-corrected chi connectivity index (χ0v) is 28.4. The van der Waals surface area contributed by atoms with E-state index in [4.69, 9.17) is 0 Å². The minimum Gasteiger partial charge on any atom is -0.378 e. The number of aromatic nitrogens is 3. The van der Waals surface area contributed by atoms with Gasteiger partial charge in [0.1, 0.15) is 35.2 Å². The van der Waals surface area contributed by atoms with Gasteiger partial charge in [-0.2, -0.15) is 27.1 Å². The van der Waals surface area contributed by atoms with E-state index in [0.717, 1.165) is 12.1 Å². The first-order valence-corrected chi connectivity index (χ1v) is 16.2. The maximum atomic E-state index is 15.3. The number of amides is 2. The second-order valence-corrected chi connectivity index (χ2v) is 13.3. The number of fused-ring (bicyclic) bond motifs is 3. The van der Waals surface area contributed by atoms with Crippen LogP contribution < -0.4 is 10.6 Å². The van der Waals surface area contributed by atoms with E-state index in [1.165, 1.54) is 45.2 Å². The van der Waals surface area contributed by atoms with Gasteiger partial charge in [0.15, 0.2) is 5.69 Å². The molecule has 0 radical (unpaired) electrons. The summed E-state index contributed by atoms with van der Waals surface area (Å²) >= 11 is 0. The van der Waals surface area contributed by atoms with E-state index in [0.29, 0.717) is 10.7 Å². The Morgan fingerprint density at radius 1 is 1.11 bits per heavy atom. The number of rotatable bonds is 9. The highest BCUT2D eigenvalue weighted by molar-refractivity contribution is 6.02. The number of para-hydroxylation sites is 1. The lowest BCUT2D eigenvalue weighted by Gasteiger charge is -2.23. The number of alkyl halides is 5. The number of benzene rings is 2. The van der Waals surface area contributed by atoms with Gasteiger partial charge in [-0.1, -0.05) is 18.1 Å². The van der Waals surface area contributed by atoms with Crippen molar-refractivity contribution in [3.8, 4) is 23.0 Å². The highest BCUT2D eigenvalue weighted by atomic mass is 19.4. The molecule has 16 heteroatoms. The highest BCUT2D eigenvalue weighted by Gasteiger charge is 2.68. The molecule has 2 aliphatic carbocycles. The second kappa shape index (κ2) is 13.4. The van der Waals surface area contributed by atoms with E-state index in [9.17, 15) is 36.6 Å². The Kier molecular flexibility index (Phi) is 9.44. The molecular formula is C37H31F7N6O3. The molecule has 2 aromatic heterocycles. The molecule has 0 bridgehead atoms. The van der Waals surface area contributed by atoms with Crippen molar-refractivity contribution in [3.05, 3.63) is 99.6 Å². The van der Waals surface area contributed by atoms with Gasteiger partial charge in [-0.3, -0.25) is 19.3 Å². The molecule has 6 rings (SSSR count). The van der Waals surface area contributed by atoms with Crippen molar-refractivity contribution in [2.45, 2.75) is 62.9 Å². The van der Waals surface area contributed by atoms with Gasteiger partial charge in [-0.05, 0) is 81.1 Å². The lowest BCUT2D eigenvalue weighted by molar-refractivity contribution is -0.142. The molecule has 9 nitrogen and oxygen atoms in total. The fourth-order valence-corrected chi connectivity index (χ4v) is 6.65. The van der Waals surface area contributed by atoms with Gasteiger partial charge in [-0.25, -0.2) is 13.8 Å². The van der Waals surface area contributed by atoms with Crippen molar-refractivity contribution in [2.75, 3.05) is 7.05 Å². The molecule has 0 aliphatic heterocycles. The molecule has 1 fully saturated rings. The molecular weight excluding hydrogens is 709 g/mol. The maximum Gasteiger partial charge on any atom is 0.435 e. The van der Waals surface area contributed by atoms with Crippen LogP contribution in [0.15, 0.2) is 53.5 Å². The summed E-state index contributed by atoms with van der Waals surface area (Å²) in [6.07, 6.45) is -5.58. The third-order valence-corrected chi connectivity index (χ3v) is 8.90.